The molecule has 0 spiro atoms. The van der Waals surface area contributed by atoms with Crippen LogP contribution in [0.1, 0.15) is 35.6 Å². The first-order valence-electron chi connectivity index (χ1n) is 6.26. The van der Waals surface area contributed by atoms with E-state index in [1.807, 2.05) is 6.92 Å². The minimum absolute atomic E-state index is 0.299. The fraction of sp³-hybridized carbons (Fsp3) is 0.533. The molecule has 0 N–H and O–H groups in total. The summed E-state index contributed by atoms with van der Waals surface area (Å²) in [6.07, 6.45) is 1.52. The molecule has 1 aliphatic rings. The zero-order chi connectivity index (χ0) is 13.5. The lowest BCUT2D eigenvalue weighted by molar-refractivity contribution is -0.159. The SMILES string of the molecule is COC(=O)C1(C)CCc2c(C)cc(C)c(C)c2O1. The van der Waals surface area contributed by atoms with E-state index in [1.165, 1.54) is 23.8 Å². The van der Waals surface area contributed by atoms with E-state index in [9.17, 15) is 4.79 Å². The smallest absolute Gasteiger partial charge is 0.349 e. The lowest BCUT2D eigenvalue weighted by Gasteiger charge is -2.35. The third kappa shape index (κ3) is 1.88. The molecule has 0 fully saturated rings. The summed E-state index contributed by atoms with van der Waals surface area (Å²) in [5.74, 6) is 0.568. The molecule has 1 aromatic rings. The van der Waals surface area contributed by atoms with Gasteiger partial charge < -0.3 is 9.47 Å². The molecule has 98 valence electrons. The standard InChI is InChI=1S/C15H20O3/c1-9-8-10(2)12-6-7-15(4,14(16)17-5)18-13(12)11(9)3/h8H,6-7H2,1-5H3. The molecule has 0 saturated carbocycles. The van der Waals surface area contributed by atoms with Crippen molar-refractivity contribution in [3.05, 3.63) is 28.3 Å². The van der Waals surface area contributed by atoms with Crippen molar-refractivity contribution in [2.24, 2.45) is 0 Å². The monoisotopic (exact) mass is 248 g/mol. The molecule has 3 heteroatoms. The van der Waals surface area contributed by atoms with Gasteiger partial charge in [-0.2, -0.15) is 0 Å². The van der Waals surface area contributed by atoms with Gasteiger partial charge in [0.25, 0.3) is 0 Å². The van der Waals surface area contributed by atoms with Gasteiger partial charge in [-0.05, 0) is 56.4 Å². The quantitative estimate of drug-likeness (QED) is 0.717. The molecular formula is C15H20O3. The summed E-state index contributed by atoms with van der Waals surface area (Å²) in [5.41, 5.74) is 3.91. The third-order valence-electron chi connectivity index (χ3n) is 3.91. The molecule has 0 amide bonds. The fourth-order valence-electron chi connectivity index (χ4n) is 2.55. The number of esters is 1. The highest BCUT2D eigenvalue weighted by Crippen LogP contribution is 2.39. The van der Waals surface area contributed by atoms with Crippen LogP contribution in [0.5, 0.6) is 5.75 Å². The average Bonchev–Trinajstić information content (AvgIpc) is 2.34. The Hall–Kier alpha value is -1.51. The van der Waals surface area contributed by atoms with Gasteiger partial charge in [0.05, 0.1) is 7.11 Å². The van der Waals surface area contributed by atoms with E-state index in [2.05, 4.69) is 19.9 Å². The largest absolute Gasteiger partial charge is 0.475 e. The number of fused-ring (bicyclic) bond motifs is 1. The molecule has 0 aromatic heterocycles. The number of carbonyl (C=O) groups is 1. The maximum Gasteiger partial charge on any atom is 0.349 e. The predicted octanol–water partition coefficient (Wildman–Crippen LogP) is 2.87. The van der Waals surface area contributed by atoms with Crippen molar-refractivity contribution in [3.63, 3.8) is 0 Å². The molecule has 1 aliphatic heterocycles. The van der Waals surface area contributed by atoms with Crippen LogP contribution in [-0.2, 0) is 16.0 Å². The molecule has 0 aliphatic carbocycles. The van der Waals surface area contributed by atoms with Crippen molar-refractivity contribution in [3.8, 4) is 5.75 Å². The highest BCUT2D eigenvalue weighted by molar-refractivity contribution is 5.80. The topological polar surface area (TPSA) is 35.5 Å². The Morgan fingerprint density at radius 2 is 2.00 bits per heavy atom. The molecular weight excluding hydrogens is 228 g/mol. The van der Waals surface area contributed by atoms with Crippen molar-refractivity contribution < 1.29 is 14.3 Å². The van der Waals surface area contributed by atoms with Gasteiger partial charge >= 0.3 is 5.97 Å². The molecule has 1 unspecified atom stereocenters. The molecule has 3 nitrogen and oxygen atoms in total. The maximum absolute atomic E-state index is 11.8. The Balaban J connectivity index is 2.49. The molecule has 1 atom stereocenters. The second kappa shape index (κ2) is 4.30. The molecule has 0 saturated heterocycles. The van der Waals surface area contributed by atoms with Gasteiger partial charge in [-0.1, -0.05) is 6.07 Å². The van der Waals surface area contributed by atoms with Crippen molar-refractivity contribution in [1.82, 2.24) is 0 Å². The lowest BCUT2D eigenvalue weighted by Crippen LogP contribution is -2.45. The first-order valence-corrected chi connectivity index (χ1v) is 6.26. The minimum Gasteiger partial charge on any atom is -0.475 e. The minimum atomic E-state index is -0.854. The van der Waals surface area contributed by atoms with Gasteiger partial charge in [-0.3, -0.25) is 0 Å². The van der Waals surface area contributed by atoms with Gasteiger partial charge in [-0.15, -0.1) is 0 Å². The van der Waals surface area contributed by atoms with Crippen molar-refractivity contribution >= 4 is 5.97 Å². The number of aryl methyl sites for hydroxylation is 2. The van der Waals surface area contributed by atoms with E-state index in [1.54, 1.807) is 6.92 Å². The van der Waals surface area contributed by atoms with E-state index in [0.717, 1.165) is 17.7 Å². The second-order valence-electron chi connectivity index (χ2n) is 5.27. The normalized spacial score (nSPS) is 22.1. The number of methoxy groups -OCH3 is 1. The lowest BCUT2D eigenvalue weighted by atomic mass is 9.88. The van der Waals surface area contributed by atoms with Crippen LogP contribution in [0, 0.1) is 20.8 Å². The fourth-order valence-corrected chi connectivity index (χ4v) is 2.55. The van der Waals surface area contributed by atoms with Gasteiger partial charge in [0.15, 0.2) is 0 Å². The Bertz CT molecular complexity index is 505. The van der Waals surface area contributed by atoms with Gasteiger partial charge in [0, 0.05) is 6.42 Å². The van der Waals surface area contributed by atoms with Gasteiger partial charge in [0.1, 0.15) is 5.75 Å². The van der Waals surface area contributed by atoms with Crippen LogP contribution < -0.4 is 4.74 Å². The third-order valence-corrected chi connectivity index (χ3v) is 3.91. The maximum atomic E-state index is 11.8. The van der Waals surface area contributed by atoms with Crippen LogP contribution in [0.3, 0.4) is 0 Å². The van der Waals surface area contributed by atoms with E-state index in [4.69, 9.17) is 9.47 Å². The summed E-state index contributed by atoms with van der Waals surface area (Å²) in [6.45, 7) is 8.00. The highest BCUT2D eigenvalue weighted by Gasteiger charge is 2.41. The molecule has 0 radical (unpaired) electrons. The second-order valence-corrected chi connectivity index (χ2v) is 5.27. The zero-order valence-corrected chi connectivity index (χ0v) is 11.7. The number of benzene rings is 1. The van der Waals surface area contributed by atoms with Crippen LogP contribution in [-0.4, -0.2) is 18.7 Å². The molecule has 18 heavy (non-hydrogen) atoms. The van der Waals surface area contributed by atoms with Crippen molar-refractivity contribution in [2.45, 2.75) is 46.1 Å². The molecule has 2 rings (SSSR count). The van der Waals surface area contributed by atoms with Crippen LogP contribution in [0.25, 0.3) is 0 Å². The molecule has 1 heterocycles. The first-order chi connectivity index (χ1) is 8.39. The van der Waals surface area contributed by atoms with Crippen molar-refractivity contribution in [2.75, 3.05) is 7.11 Å². The summed E-state index contributed by atoms with van der Waals surface area (Å²) < 4.78 is 10.8. The zero-order valence-electron chi connectivity index (χ0n) is 11.7. The van der Waals surface area contributed by atoms with E-state index < -0.39 is 5.60 Å². The first kappa shape index (κ1) is 12.9. The van der Waals surface area contributed by atoms with Crippen molar-refractivity contribution in [1.29, 1.82) is 0 Å². The Labute approximate surface area is 108 Å². The number of hydrogen-bond donors (Lipinski definition) is 0. The Kier molecular flexibility index (Phi) is 3.09. The van der Waals surface area contributed by atoms with Gasteiger partial charge in [0.2, 0.25) is 5.60 Å². The predicted molar refractivity (Wildman–Crippen MR) is 70.0 cm³/mol. The van der Waals surface area contributed by atoms with Gasteiger partial charge in [-0.25, -0.2) is 4.79 Å². The summed E-state index contributed by atoms with van der Waals surface area (Å²) in [7, 11) is 1.40. The van der Waals surface area contributed by atoms with Crippen LogP contribution in [0.4, 0.5) is 0 Å². The van der Waals surface area contributed by atoms with Crippen LogP contribution in [0.15, 0.2) is 6.07 Å². The Morgan fingerprint density at radius 1 is 1.33 bits per heavy atom. The average molecular weight is 248 g/mol. The summed E-state index contributed by atoms with van der Waals surface area (Å²) in [6, 6.07) is 2.18. The van der Waals surface area contributed by atoms with E-state index in [-0.39, 0.29) is 5.97 Å². The number of hydrogen-bond acceptors (Lipinski definition) is 3. The molecule has 0 bridgehead atoms. The highest BCUT2D eigenvalue weighted by atomic mass is 16.6. The molecule has 1 aromatic carbocycles. The summed E-state index contributed by atoms with van der Waals surface area (Å²) >= 11 is 0. The number of carbonyl (C=O) groups excluding carboxylic acids is 1. The summed E-state index contributed by atoms with van der Waals surface area (Å²) in [4.78, 5) is 11.8. The van der Waals surface area contributed by atoms with E-state index in [0.29, 0.717) is 6.42 Å². The van der Waals surface area contributed by atoms with Crippen LogP contribution in [0.2, 0.25) is 0 Å². The van der Waals surface area contributed by atoms with E-state index >= 15 is 0 Å². The number of ether oxygens (including phenoxy) is 2. The number of rotatable bonds is 1. The van der Waals surface area contributed by atoms with Crippen LogP contribution >= 0.6 is 0 Å². The summed E-state index contributed by atoms with van der Waals surface area (Å²) in [5, 5.41) is 0. The Morgan fingerprint density at radius 3 is 2.61 bits per heavy atom.